The molecule has 0 aliphatic heterocycles. The van der Waals surface area contributed by atoms with Crippen molar-refractivity contribution < 1.29 is 0 Å². The number of rotatable bonds is 2. The van der Waals surface area contributed by atoms with Gasteiger partial charge in [0, 0.05) is 6.20 Å². The van der Waals surface area contributed by atoms with Crippen molar-refractivity contribution in [2.24, 2.45) is 5.92 Å². The van der Waals surface area contributed by atoms with Crippen molar-refractivity contribution >= 4 is 12.2 Å². The van der Waals surface area contributed by atoms with E-state index in [1.165, 1.54) is 10.4 Å². The molecule has 0 amide bonds. The molecule has 0 N–H and O–H groups in total. The van der Waals surface area contributed by atoms with Gasteiger partial charge in [0.1, 0.15) is 0 Å². The first-order valence-electron chi connectivity index (χ1n) is 6.45. The lowest BCUT2D eigenvalue weighted by Crippen LogP contribution is -2.27. The van der Waals surface area contributed by atoms with E-state index in [0.717, 1.165) is 5.69 Å². The highest BCUT2D eigenvalue weighted by molar-refractivity contribution is 5.66. The first-order valence-corrected chi connectivity index (χ1v) is 6.45. The molecule has 1 aliphatic carbocycles. The maximum absolute atomic E-state index is 4.57. The number of aromatic nitrogens is 1. The first kappa shape index (κ1) is 11.2. The molecule has 90 valence electrons. The largest absolute Gasteiger partial charge is 0.260 e. The van der Waals surface area contributed by atoms with Gasteiger partial charge in [-0.15, -0.1) is 0 Å². The van der Waals surface area contributed by atoms with Crippen LogP contribution in [0.1, 0.15) is 19.5 Å². The van der Waals surface area contributed by atoms with Gasteiger partial charge in [0.05, 0.1) is 11.1 Å². The topological polar surface area (TPSA) is 12.9 Å². The Balaban J connectivity index is 2.27. The molecule has 0 saturated heterocycles. The zero-order valence-electron chi connectivity index (χ0n) is 10.8. The van der Waals surface area contributed by atoms with Crippen molar-refractivity contribution in [2.75, 3.05) is 0 Å². The zero-order chi connectivity index (χ0) is 12.6. The number of nitrogens with zero attached hydrogens (tertiary/aromatic N) is 1. The molecule has 1 aromatic heterocycles. The highest BCUT2D eigenvalue weighted by Crippen LogP contribution is 2.35. The predicted molar refractivity (Wildman–Crippen MR) is 75.4 cm³/mol. The van der Waals surface area contributed by atoms with Crippen LogP contribution in [0.15, 0.2) is 48.7 Å². The SMILES string of the molecule is CC(C)C1(c2ccccn2)C=c2ccccc2=C1. The Kier molecular flexibility index (Phi) is 2.55. The van der Waals surface area contributed by atoms with Crippen LogP contribution in [0.4, 0.5) is 0 Å². The van der Waals surface area contributed by atoms with Gasteiger partial charge in [-0.05, 0) is 28.5 Å². The van der Waals surface area contributed by atoms with Crippen LogP contribution in [-0.2, 0) is 5.41 Å². The predicted octanol–water partition coefficient (Wildman–Crippen LogP) is 2.25. The third-order valence-electron chi connectivity index (χ3n) is 3.85. The number of hydrogen-bond acceptors (Lipinski definition) is 1. The Morgan fingerprint density at radius 2 is 1.50 bits per heavy atom. The van der Waals surface area contributed by atoms with Crippen LogP contribution in [0.2, 0.25) is 0 Å². The molecule has 2 aromatic rings. The van der Waals surface area contributed by atoms with E-state index in [-0.39, 0.29) is 5.41 Å². The minimum absolute atomic E-state index is 0.0645. The van der Waals surface area contributed by atoms with Crippen LogP contribution in [0.25, 0.3) is 12.2 Å². The summed E-state index contributed by atoms with van der Waals surface area (Å²) >= 11 is 0. The van der Waals surface area contributed by atoms with Crippen molar-refractivity contribution in [1.29, 1.82) is 0 Å². The van der Waals surface area contributed by atoms with Crippen LogP contribution in [0, 0.1) is 5.92 Å². The highest BCUT2D eigenvalue weighted by Gasteiger charge is 2.34. The minimum atomic E-state index is -0.0645. The molecule has 0 fully saturated rings. The van der Waals surface area contributed by atoms with Gasteiger partial charge in [-0.25, -0.2) is 0 Å². The van der Waals surface area contributed by atoms with Gasteiger partial charge in [-0.3, -0.25) is 4.98 Å². The van der Waals surface area contributed by atoms with E-state index >= 15 is 0 Å². The Hall–Kier alpha value is -1.89. The maximum atomic E-state index is 4.57. The molecular weight excluding hydrogens is 218 g/mol. The summed E-state index contributed by atoms with van der Waals surface area (Å²) in [5.41, 5.74) is 1.07. The van der Waals surface area contributed by atoms with Crippen LogP contribution < -0.4 is 10.4 Å². The van der Waals surface area contributed by atoms with Crippen molar-refractivity contribution in [3.63, 3.8) is 0 Å². The van der Waals surface area contributed by atoms with Gasteiger partial charge in [0.25, 0.3) is 0 Å². The normalized spacial score (nSPS) is 15.9. The van der Waals surface area contributed by atoms with E-state index in [4.69, 9.17) is 0 Å². The molecule has 1 aromatic carbocycles. The van der Waals surface area contributed by atoms with E-state index in [1.54, 1.807) is 0 Å². The average molecular weight is 235 g/mol. The summed E-state index contributed by atoms with van der Waals surface area (Å²) in [7, 11) is 0. The fourth-order valence-corrected chi connectivity index (χ4v) is 2.73. The molecule has 0 radical (unpaired) electrons. The third kappa shape index (κ3) is 1.59. The molecule has 1 aliphatic rings. The number of pyridine rings is 1. The third-order valence-corrected chi connectivity index (χ3v) is 3.85. The van der Waals surface area contributed by atoms with Gasteiger partial charge >= 0.3 is 0 Å². The number of fused-ring (bicyclic) bond motifs is 1. The van der Waals surface area contributed by atoms with Crippen LogP contribution in [-0.4, -0.2) is 4.98 Å². The lowest BCUT2D eigenvalue weighted by molar-refractivity contribution is 0.507. The summed E-state index contributed by atoms with van der Waals surface area (Å²) in [5, 5.41) is 2.63. The van der Waals surface area contributed by atoms with E-state index < -0.39 is 0 Å². The van der Waals surface area contributed by atoms with Gasteiger partial charge < -0.3 is 0 Å². The summed E-state index contributed by atoms with van der Waals surface area (Å²) in [4.78, 5) is 4.57. The monoisotopic (exact) mass is 235 g/mol. The fourth-order valence-electron chi connectivity index (χ4n) is 2.73. The Morgan fingerprint density at radius 1 is 0.889 bits per heavy atom. The van der Waals surface area contributed by atoms with Gasteiger partial charge in [-0.2, -0.15) is 0 Å². The Labute approximate surface area is 108 Å². The molecule has 1 heterocycles. The second kappa shape index (κ2) is 4.09. The summed E-state index contributed by atoms with van der Waals surface area (Å²) in [5.74, 6) is 0.486. The zero-order valence-corrected chi connectivity index (χ0v) is 10.8. The molecule has 0 unspecified atom stereocenters. The minimum Gasteiger partial charge on any atom is -0.260 e. The van der Waals surface area contributed by atoms with E-state index in [1.807, 2.05) is 12.3 Å². The van der Waals surface area contributed by atoms with Gasteiger partial charge in [-0.1, -0.05) is 56.3 Å². The molecular formula is C17H17N. The van der Waals surface area contributed by atoms with Crippen molar-refractivity contribution in [3.05, 3.63) is 64.8 Å². The molecule has 1 heteroatoms. The summed E-state index contributed by atoms with van der Waals surface area (Å²) < 4.78 is 0. The molecule has 0 saturated carbocycles. The molecule has 3 rings (SSSR count). The second-order valence-corrected chi connectivity index (χ2v) is 5.22. The molecule has 18 heavy (non-hydrogen) atoms. The number of benzene rings is 1. The smallest absolute Gasteiger partial charge is 0.0544 e. The van der Waals surface area contributed by atoms with Gasteiger partial charge in [0.15, 0.2) is 0 Å². The molecule has 0 spiro atoms. The van der Waals surface area contributed by atoms with Crippen molar-refractivity contribution in [1.82, 2.24) is 4.98 Å². The Bertz CT molecular complexity index is 633. The lowest BCUT2D eigenvalue weighted by atomic mass is 9.75. The molecule has 0 bridgehead atoms. The molecule has 1 nitrogen and oxygen atoms in total. The second-order valence-electron chi connectivity index (χ2n) is 5.22. The molecule has 0 atom stereocenters. The van der Waals surface area contributed by atoms with E-state index in [0.29, 0.717) is 5.92 Å². The summed E-state index contributed by atoms with van der Waals surface area (Å²) in [6.07, 6.45) is 6.59. The number of hydrogen-bond donors (Lipinski definition) is 0. The van der Waals surface area contributed by atoms with Crippen LogP contribution in [0.5, 0.6) is 0 Å². The van der Waals surface area contributed by atoms with E-state index in [2.05, 4.69) is 67.4 Å². The maximum Gasteiger partial charge on any atom is 0.0544 e. The van der Waals surface area contributed by atoms with E-state index in [9.17, 15) is 0 Å². The average Bonchev–Trinajstić information content (AvgIpc) is 2.80. The van der Waals surface area contributed by atoms with Crippen molar-refractivity contribution in [3.8, 4) is 0 Å². The lowest BCUT2D eigenvalue weighted by Gasteiger charge is -2.29. The van der Waals surface area contributed by atoms with Crippen LogP contribution in [0.3, 0.4) is 0 Å². The Morgan fingerprint density at radius 3 is 2.00 bits per heavy atom. The summed E-state index contributed by atoms with van der Waals surface area (Å²) in [6.45, 7) is 4.51. The quantitative estimate of drug-likeness (QED) is 0.778. The van der Waals surface area contributed by atoms with Crippen LogP contribution >= 0.6 is 0 Å². The summed E-state index contributed by atoms with van der Waals surface area (Å²) in [6, 6.07) is 14.7. The van der Waals surface area contributed by atoms with Gasteiger partial charge in [0.2, 0.25) is 0 Å². The first-order chi connectivity index (χ1) is 8.72. The standard InChI is InChI=1S/C17H17N/c1-13(2)17(16-9-5-6-10-18-16)11-14-7-3-4-8-15(14)12-17/h3-13H,1-2H3. The fraction of sp³-hybridized carbons (Fsp3) is 0.235. The highest BCUT2D eigenvalue weighted by atomic mass is 14.7. The van der Waals surface area contributed by atoms with Crippen molar-refractivity contribution in [2.45, 2.75) is 19.3 Å².